The fourth-order valence-corrected chi connectivity index (χ4v) is 3.99. The number of hydrogen-bond donors (Lipinski definition) is 1. The molecule has 0 aliphatic rings. The average molecular weight is 388 g/mol. The van der Waals surface area contributed by atoms with E-state index in [2.05, 4.69) is 9.98 Å². The normalized spacial score (nSPS) is 11.8. The number of Topliss-reactive ketones (excluding diaryl/α,β-unsaturated/α-hetero) is 1. The van der Waals surface area contributed by atoms with E-state index in [1.54, 1.807) is 13.1 Å². The van der Waals surface area contributed by atoms with Crippen LogP contribution in [0.25, 0.3) is 11.1 Å². The van der Waals surface area contributed by atoms with Gasteiger partial charge in [0, 0.05) is 30.9 Å². The molecule has 134 valence electrons. The number of pyridine rings is 1. The highest BCUT2D eigenvalue weighted by molar-refractivity contribution is 7.11. The lowest BCUT2D eigenvalue weighted by molar-refractivity contribution is 0.102. The molecule has 26 heavy (non-hydrogen) atoms. The van der Waals surface area contributed by atoms with E-state index >= 15 is 0 Å². The van der Waals surface area contributed by atoms with Crippen molar-refractivity contribution in [2.75, 3.05) is 6.61 Å². The molecule has 0 fully saturated rings. The lowest BCUT2D eigenvalue weighted by Gasteiger charge is -2.05. The van der Waals surface area contributed by atoms with Crippen LogP contribution in [-0.4, -0.2) is 27.0 Å². The lowest BCUT2D eigenvalue weighted by Crippen LogP contribution is -2.18. The molecule has 3 rings (SSSR count). The second-order valence-corrected chi connectivity index (χ2v) is 7.07. The number of benzene rings is 1. The van der Waals surface area contributed by atoms with Crippen LogP contribution in [0, 0.1) is 6.92 Å². The largest absolute Gasteiger partial charge is 0.395 e. The zero-order valence-corrected chi connectivity index (χ0v) is 16.0. The van der Waals surface area contributed by atoms with E-state index < -0.39 is 0 Å². The summed E-state index contributed by atoms with van der Waals surface area (Å²) in [4.78, 5) is 21.9. The van der Waals surface area contributed by atoms with E-state index in [0.29, 0.717) is 21.4 Å². The van der Waals surface area contributed by atoms with Gasteiger partial charge in [0.15, 0.2) is 10.6 Å². The van der Waals surface area contributed by atoms with Crippen LogP contribution in [0.15, 0.2) is 47.6 Å². The molecule has 5 nitrogen and oxygen atoms in total. The zero-order chi connectivity index (χ0) is 18.7. The summed E-state index contributed by atoms with van der Waals surface area (Å²) in [5.41, 5.74) is 3.41. The van der Waals surface area contributed by atoms with Crippen molar-refractivity contribution in [3.8, 4) is 11.1 Å². The molecule has 0 aliphatic heterocycles. The third-order valence-electron chi connectivity index (χ3n) is 3.96. The first-order valence-electron chi connectivity index (χ1n) is 8.09. The third-order valence-corrected chi connectivity index (χ3v) is 5.55. The first kappa shape index (κ1) is 18.5. The molecule has 0 saturated carbocycles. The number of carbonyl (C=O) groups excluding carboxylic acids is 1. The fourth-order valence-electron chi connectivity index (χ4n) is 2.69. The Hall–Kier alpha value is -2.28. The highest BCUT2D eigenvalue weighted by Gasteiger charge is 2.13. The molecular formula is C19H18ClN3O2S. The quantitative estimate of drug-likeness (QED) is 0.531. The van der Waals surface area contributed by atoms with E-state index in [0.717, 1.165) is 22.5 Å². The van der Waals surface area contributed by atoms with Gasteiger partial charge >= 0.3 is 0 Å². The van der Waals surface area contributed by atoms with Gasteiger partial charge in [-0.15, -0.1) is 0 Å². The predicted octanol–water partition coefficient (Wildman–Crippen LogP) is 4.00. The van der Waals surface area contributed by atoms with Gasteiger partial charge in [-0.05, 0) is 36.8 Å². The number of ketones is 1. The second kappa shape index (κ2) is 7.95. The van der Waals surface area contributed by atoms with Gasteiger partial charge in [-0.2, -0.15) is 0 Å². The van der Waals surface area contributed by atoms with Crippen molar-refractivity contribution in [2.24, 2.45) is 4.99 Å². The SMILES string of the molecule is CC(=O)c1sc(=Nc2ccc(-c3cccnc3Cl)cc2)n(CCO)c1C. The van der Waals surface area contributed by atoms with Crippen LogP contribution >= 0.6 is 22.9 Å². The number of rotatable bonds is 5. The molecule has 3 aromatic rings. The topological polar surface area (TPSA) is 67.5 Å². The summed E-state index contributed by atoms with van der Waals surface area (Å²) >= 11 is 7.48. The van der Waals surface area contributed by atoms with Crippen LogP contribution in [-0.2, 0) is 6.54 Å². The van der Waals surface area contributed by atoms with Crippen LogP contribution in [0.3, 0.4) is 0 Å². The minimum Gasteiger partial charge on any atom is -0.395 e. The highest BCUT2D eigenvalue weighted by Crippen LogP contribution is 2.27. The van der Waals surface area contributed by atoms with Crippen molar-refractivity contribution >= 4 is 34.4 Å². The van der Waals surface area contributed by atoms with Crippen molar-refractivity contribution in [3.63, 3.8) is 0 Å². The zero-order valence-electron chi connectivity index (χ0n) is 14.4. The number of thiazole rings is 1. The number of aliphatic hydroxyl groups is 1. The summed E-state index contributed by atoms with van der Waals surface area (Å²) < 4.78 is 1.87. The standard InChI is InChI=1S/C19H18ClN3O2S/c1-12-17(13(2)25)26-19(23(12)10-11-24)22-15-7-5-14(6-8-15)16-4-3-9-21-18(16)20/h3-9,24H,10-11H2,1-2H3. The lowest BCUT2D eigenvalue weighted by atomic mass is 10.1. The molecule has 7 heteroatoms. The van der Waals surface area contributed by atoms with Crippen molar-refractivity contribution in [3.05, 3.63) is 63.1 Å². The van der Waals surface area contributed by atoms with Crippen LogP contribution in [0.5, 0.6) is 0 Å². The number of halogens is 1. The predicted molar refractivity (Wildman–Crippen MR) is 104 cm³/mol. The molecule has 0 radical (unpaired) electrons. The molecular weight excluding hydrogens is 370 g/mol. The summed E-state index contributed by atoms with van der Waals surface area (Å²) in [5.74, 6) is 0.00204. The van der Waals surface area contributed by atoms with Crippen LogP contribution in [0.1, 0.15) is 22.3 Å². The van der Waals surface area contributed by atoms with Gasteiger partial charge < -0.3 is 9.67 Å². The molecule has 0 atom stereocenters. The molecule has 1 N–H and O–H groups in total. The van der Waals surface area contributed by atoms with Gasteiger partial charge in [0.25, 0.3) is 0 Å². The average Bonchev–Trinajstić information content (AvgIpc) is 2.93. The smallest absolute Gasteiger partial charge is 0.190 e. The van der Waals surface area contributed by atoms with Crippen LogP contribution < -0.4 is 4.80 Å². The molecule has 0 unspecified atom stereocenters. The number of nitrogens with zero attached hydrogens (tertiary/aromatic N) is 3. The van der Waals surface area contributed by atoms with E-state index in [-0.39, 0.29) is 12.4 Å². The highest BCUT2D eigenvalue weighted by atomic mass is 35.5. The Kier molecular flexibility index (Phi) is 5.66. The Morgan fingerprint density at radius 1 is 1.31 bits per heavy atom. The molecule has 1 aromatic carbocycles. The third kappa shape index (κ3) is 3.77. The number of aromatic nitrogens is 2. The Bertz CT molecular complexity index is 1010. The van der Waals surface area contributed by atoms with E-state index in [1.807, 2.05) is 47.9 Å². The maximum atomic E-state index is 11.8. The van der Waals surface area contributed by atoms with Crippen molar-refractivity contribution in [1.82, 2.24) is 9.55 Å². The van der Waals surface area contributed by atoms with Gasteiger partial charge in [-0.3, -0.25) is 4.79 Å². The number of aliphatic hydroxyl groups excluding tert-OH is 1. The van der Waals surface area contributed by atoms with Gasteiger partial charge in [-0.25, -0.2) is 9.98 Å². The molecule has 0 saturated heterocycles. The van der Waals surface area contributed by atoms with Gasteiger partial charge in [0.1, 0.15) is 5.15 Å². The molecule has 2 heterocycles. The molecule has 0 bridgehead atoms. The summed E-state index contributed by atoms with van der Waals surface area (Å²) in [5, 5.41) is 9.77. The molecule has 0 aliphatic carbocycles. The minimum absolute atomic E-state index is 0.00204. The molecule has 0 spiro atoms. The Morgan fingerprint density at radius 2 is 2.04 bits per heavy atom. The van der Waals surface area contributed by atoms with Gasteiger partial charge in [0.2, 0.25) is 0 Å². The number of carbonyl (C=O) groups is 1. The molecule has 2 aromatic heterocycles. The first-order chi connectivity index (χ1) is 12.5. The minimum atomic E-state index is -0.0133. The summed E-state index contributed by atoms with van der Waals surface area (Å²) in [6.45, 7) is 3.80. The number of hydrogen-bond acceptors (Lipinski definition) is 5. The Morgan fingerprint density at radius 3 is 2.65 bits per heavy atom. The monoisotopic (exact) mass is 387 g/mol. The van der Waals surface area contributed by atoms with E-state index in [1.165, 1.54) is 11.3 Å². The second-order valence-electron chi connectivity index (χ2n) is 5.73. The van der Waals surface area contributed by atoms with Gasteiger partial charge in [-0.1, -0.05) is 35.1 Å². The maximum Gasteiger partial charge on any atom is 0.190 e. The van der Waals surface area contributed by atoms with Crippen LogP contribution in [0.2, 0.25) is 5.15 Å². The van der Waals surface area contributed by atoms with Crippen LogP contribution in [0.4, 0.5) is 5.69 Å². The fraction of sp³-hybridized carbons (Fsp3) is 0.211. The molecule has 0 amide bonds. The summed E-state index contributed by atoms with van der Waals surface area (Å²) in [6.07, 6.45) is 1.65. The van der Waals surface area contributed by atoms with Gasteiger partial charge in [0.05, 0.1) is 17.2 Å². The van der Waals surface area contributed by atoms with E-state index in [9.17, 15) is 9.90 Å². The summed E-state index contributed by atoms with van der Waals surface area (Å²) in [7, 11) is 0. The van der Waals surface area contributed by atoms with Crippen molar-refractivity contribution in [2.45, 2.75) is 20.4 Å². The van der Waals surface area contributed by atoms with E-state index in [4.69, 9.17) is 11.6 Å². The Balaban J connectivity index is 2.02. The van der Waals surface area contributed by atoms with Crippen molar-refractivity contribution < 1.29 is 9.90 Å². The maximum absolute atomic E-state index is 11.8. The first-order valence-corrected chi connectivity index (χ1v) is 9.28. The van der Waals surface area contributed by atoms with Crippen molar-refractivity contribution in [1.29, 1.82) is 0 Å². The Labute approximate surface area is 160 Å². The summed E-state index contributed by atoms with van der Waals surface area (Å²) in [6, 6.07) is 11.4.